The zero-order valence-corrected chi connectivity index (χ0v) is 12.5. The van der Waals surface area contributed by atoms with E-state index in [-0.39, 0.29) is 11.9 Å². The van der Waals surface area contributed by atoms with Crippen LogP contribution in [0.3, 0.4) is 0 Å². The number of carbonyl (C=O) groups is 1. The van der Waals surface area contributed by atoms with E-state index >= 15 is 0 Å². The van der Waals surface area contributed by atoms with Crippen molar-refractivity contribution in [1.82, 2.24) is 0 Å². The van der Waals surface area contributed by atoms with E-state index in [0.29, 0.717) is 0 Å². The number of hydrogen-bond acceptors (Lipinski definition) is 3. The van der Waals surface area contributed by atoms with Crippen LogP contribution in [0.15, 0.2) is 48.5 Å². The molecule has 1 aliphatic heterocycles. The molecule has 2 aliphatic rings. The van der Waals surface area contributed by atoms with Gasteiger partial charge in [0.25, 0.3) is 0 Å². The minimum absolute atomic E-state index is 0.128. The van der Waals surface area contributed by atoms with Crippen LogP contribution in [0.5, 0.6) is 5.75 Å². The van der Waals surface area contributed by atoms with Gasteiger partial charge in [0.1, 0.15) is 11.9 Å². The number of ether oxygens (including phenoxy) is 2. The molecule has 1 saturated heterocycles. The summed E-state index contributed by atoms with van der Waals surface area (Å²) in [6.45, 7) is 0. The Bertz CT molecular complexity index is 720. The Balaban J connectivity index is 1.67. The van der Waals surface area contributed by atoms with Gasteiger partial charge in [0, 0.05) is 5.56 Å². The van der Waals surface area contributed by atoms with Crippen LogP contribution in [-0.4, -0.2) is 18.5 Å². The lowest BCUT2D eigenvalue weighted by Gasteiger charge is -2.09. The molecule has 2 aromatic carbocycles. The monoisotopic (exact) mass is 294 g/mol. The van der Waals surface area contributed by atoms with Crippen LogP contribution in [0, 0.1) is 0 Å². The van der Waals surface area contributed by atoms with E-state index in [2.05, 4.69) is 6.07 Å². The van der Waals surface area contributed by atoms with Crippen molar-refractivity contribution < 1.29 is 14.3 Å². The molecule has 112 valence electrons. The number of carbonyl (C=O) groups excluding carboxylic acids is 1. The predicted molar refractivity (Wildman–Crippen MR) is 83.3 cm³/mol. The first kappa shape index (κ1) is 13.5. The Morgan fingerprint density at radius 1 is 1.14 bits per heavy atom. The van der Waals surface area contributed by atoms with Crippen LogP contribution >= 0.6 is 0 Å². The summed E-state index contributed by atoms with van der Waals surface area (Å²) in [4.78, 5) is 13.0. The Hall–Kier alpha value is -2.13. The van der Waals surface area contributed by atoms with E-state index in [1.807, 2.05) is 42.5 Å². The van der Waals surface area contributed by atoms with Gasteiger partial charge in [-0.3, -0.25) is 4.79 Å². The minimum Gasteiger partial charge on any atom is -0.497 e. The summed E-state index contributed by atoms with van der Waals surface area (Å²) in [5.41, 5.74) is 2.37. The van der Waals surface area contributed by atoms with Gasteiger partial charge in [-0.2, -0.15) is 0 Å². The molecule has 22 heavy (non-hydrogen) atoms. The summed E-state index contributed by atoms with van der Waals surface area (Å²) in [6.07, 6.45) is 2.59. The van der Waals surface area contributed by atoms with E-state index in [9.17, 15) is 4.79 Å². The number of Topliss-reactive ketones (excluding diaryl/α,β-unsaturated/α-hetero) is 1. The molecule has 2 aromatic rings. The molecule has 2 atom stereocenters. The van der Waals surface area contributed by atoms with Gasteiger partial charge in [0.05, 0.1) is 7.11 Å². The smallest absolute Gasteiger partial charge is 0.197 e. The first-order chi connectivity index (χ1) is 10.7. The van der Waals surface area contributed by atoms with Crippen molar-refractivity contribution in [3.05, 3.63) is 65.2 Å². The van der Waals surface area contributed by atoms with Gasteiger partial charge >= 0.3 is 0 Å². The van der Waals surface area contributed by atoms with Crippen molar-refractivity contribution >= 4 is 5.78 Å². The van der Waals surface area contributed by atoms with E-state index in [1.54, 1.807) is 7.11 Å². The summed E-state index contributed by atoms with van der Waals surface area (Å²) >= 11 is 0. The van der Waals surface area contributed by atoms with Crippen molar-refractivity contribution in [3.63, 3.8) is 0 Å². The predicted octanol–water partition coefficient (Wildman–Crippen LogP) is 3.72. The second-order valence-corrected chi connectivity index (χ2v) is 6.00. The van der Waals surface area contributed by atoms with Crippen LogP contribution in [0.2, 0.25) is 0 Å². The molecule has 0 radical (unpaired) electrons. The molecule has 0 N–H and O–H groups in total. The number of aryl methyl sites for hydroxylation is 1. The molecule has 1 heterocycles. The maximum absolute atomic E-state index is 13.0. The lowest BCUT2D eigenvalue weighted by Crippen LogP contribution is -2.24. The number of fused-ring (bicyclic) bond motifs is 1. The van der Waals surface area contributed by atoms with Crippen LogP contribution in [-0.2, 0) is 11.2 Å². The highest BCUT2D eigenvalue weighted by Crippen LogP contribution is 2.55. The second kappa shape index (κ2) is 4.96. The first-order valence-electron chi connectivity index (χ1n) is 7.69. The summed E-state index contributed by atoms with van der Waals surface area (Å²) < 4.78 is 11.1. The highest BCUT2D eigenvalue weighted by molar-refractivity contribution is 6.06. The molecule has 1 aliphatic carbocycles. The molecular weight excluding hydrogens is 276 g/mol. The van der Waals surface area contributed by atoms with E-state index in [4.69, 9.17) is 9.47 Å². The van der Waals surface area contributed by atoms with E-state index in [0.717, 1.165) is 41.7 Å². The van der Waals surface area contributed by atoms with Gasteiger partial charge in [-0.1, -0.05) is 36.4 Å². The van der Waals surface area contributed by atoms with Crippen LogP contribution < -0.4 is 4.74 Å². The molecule has 1 fully saturated rings. The van der Waals surface area contributed by atoms with Gasteiger partial charge in [-0.15, -0.1) is 0 Å². The van der Waals surface area contributed by atoms with Crippen molar-refractivity contribution in [3.8, 4) is 5.75 Å². The summed E-state index contributed by atoms with van der Waals surface area (Å²) in [5, 5.41) is 0. The SMILES string of the molecule is COc1ccc([C@@H]2O[C@]23CCCc2ccccc2C3=O)cc1. The molecule has 0 amide bonds. The van der Waals surface area contributed by atoms with Gasteiger partial charge < -0.3 is 9.47 Å². The summed E-state index contributed by atoms with van der Waals surface area (Å²) in [5.74, 6) is 0.956. The zero-order chi connectivity index (χ0) is 15.2. The zero-order valence-electron chi connectivity index (χ0n) is 12.5. The lowest BCUT2D eigenvalue weighted by molar-refractivity contribution is 0.0867. The highest BCUT2D eigenvalue weighted by atomic mass is 16.6. The molecule has 1 spiro atoms. The van der Waals surface area contributed by atoms with Crippen molar-refractivity contribution in [2.45, 2.75) is 31.0 Å². The van der Waals surface area contributed by atoms with Crippen molar-refractivity contribution in [2.75, 3.05) is 7.11 Å². The number of ketones is 1. The normalized spacial score (nSPS) is 26.4. The standard InChI is InChI=1S/C19H18O3/c1-21-15-10-8-14(9-11-15)18-19(22-18)12-4-6-13-5-2-3-7-16(13)17(19)20/h2-3,5,7-11,18H,4,6,12H2,1H3/t18-,19-/m0/s1. The molecule has 3 nitrogen and oxygen atoms in total. The quantitative estimate of drug-likeness (QED) is 0.792. The molecule has 4 rings (SSSR count). The fraction of sp³-hybridized carbons (Fsp3) is 0.316. The fourth-order valence-electron chi connectivity index (χ4n) is 3.50. The number of rotatable bonds is 2. The third-order valence-corrected chi connectivity index (χ3v) is 4.75. The van der Waals surface area contributed by atoms with E-state index in [1.165, 1.54) is 0 Å². The molecule has 0 bridgehead atoms. The number of hydrogen-bond donors (Lipinski definition) is 0. The van der Waals surface area contributed by atoms with Gasteiger partial charge in [-0.25, -0.2) is 0 Å². The number of epoxide rings is 1. The third kappa shape index (κ3) is 1.97. The Morgan fingerprint density at radius 3 is 2.68 bits per heavy atom. The van der Waals surface area contributed by atoms with Crippen LogP contribution in [0.4, 0.5) is 0 Å². The Labute approximate surface area is 129 Å². The third-order valence-electron chi connectivity index (χ3n) is 4.75. The molecule has 0 aromatic heterocycles. The van der Waals surface area contributed by atoms with Crippen molar-refractivity contribution in [1.29, 1.82) is 0 Å². The highest BCUT2D eigenvalue weighted by Gasteiger charge is 2.62. The summed E-state index contributed by atoms with van der Waals surface area (Å²) in [6, 6.07) is 15.7. The van der Waals surface area contributed by atoms with Gasteiger partial charge in [0.15, 0.2) is 11.4 Å². The molecule has 0 saturated carbocycles. The summed E-state index contributed by atoms with van der Waals surface area (Å²) in [7, 11) is 1.65. The molecule has 3 heteroatoms. The van der Waals surface area contributed by atoms with Crippen LogP contribution in [0.1, 0.15) is 40.4 Å². The first-order valence-corrected chi connectivity index (χ1v) is 7.69. The Kier molecular flexibility index (Phi) is 3.05. The average Bonchev–Trinajstić information content (AvgIpc) is 3.32. The lowest BCUT2D eigenvalue weighted by atomic mass is 9.89. The maximum atomic E-state index is 13.0. The van der Waals surface area contributed by atoms with Gasteiger partial charge in [-0.05, 0) is 42.5 Å². The molecule has 0 unspecified atom stereocenters. The number of benzene rings is 2. The minimum atomic E-state index is -0.652. The average molecular weight is 294 g/mol. The maximum Gasteiger partial charge on any atom is 0.197 e. The number of methoxy groups -OCH3 is 1. The van der Waals surface area contributed by atoms with E-state index < -0.39 is 5.60 Å². The van der Waals surface area contributed by atoms with Gasteiger partial charge in [0.2, 0.25) is 0 Å². The largest absolute Gasteiger partial charge is 0.497 e. The second-order valence-electron chi connectivity index (χ2n) is 6.00. The topological polar surface area (TPSA) is 38.8 Å². The fourth-order valence-corrected chi connectivity index (χ4v) is 3.50. The van der Waals surface area contributed by atoms with Crippen molar-refractivity contribution in [2.24, 2.45) is 0 Å². The molecular formula is C19H18O3. The van der Waals surface area contributed by atoms with Crippen LogP contribution in [0.25, 0.3) is 0 Å². The Morgan fingerprint density at radius 2 is 1.91 bits per heavy atom.